The molecule has 15 heavy (non-hydrogen) atoms. The van der Waals surface area contributed by atoms with Gasteiger partial charge in [-0.3, -0.25) is 0 Å². The molecule has 0 aliphatic heterocycles. The average Bonchev–Trinajstić information content (AvgIpc) is 2.26. The van der Waals surface area contributed by atoms with E-state index in [-0.39, 0.29) is 0 Å². The number of nitrogens with one attached hydrogen (secondary N) is 1. The lowest BCUT2D eigenvalue weighted by Gasteiger charge is -2.06. The summed E-state index contributed by atoms with van der Waals surface area (Å²) in [6.07, 6.45) is 1.14. The molecule has 0 spiro atoms. The summed E-state index contributed by atoms with van der Waals surface area (Å²) in [5.41, 5.74) is 0. The van der Waals surface area contributed by atoms with Crippen molar-refractivity contribution in [3.63, 3.8) is 0 Å². The lowest BCUT2D eigenvalue weighted by molar-refractivity contribution is 0.177. The highest BCUT2D eigenvalue weighted by molar-refractivity contribution is 7.99. The van der Waals surface area contributed by atoms with E-state index < -0.39 is 0 Å². The zero-order valence-electron chi connectivity index (χ0n) is 9.41. The lowest BCUT2D eigenvalue weighted by Crippen LogP contribution is -2.02. The molecule has 0 aliphatic rings. The zero-order chi connectivity index (χ0) is 11.1. The Morgan fingerprint density at radius 2 is 2.27 bits per heavy atom. The smallest absolute Gasteiger partial charge is 0.157 e. The number of anilines is 1. The summed E-state index contributed by atoms with van der Waals surface area (Å²) in [6, 6.07) is 1.96. The van der Waals surface area contributed by atoms with Gasteiger partial charge >= 0.3 is 0 Å². The predicted molar refractivity (Wildman–Crippen MR) is 63.3 cm³/mol. The Morgan fingerprint density at radius 1 is 1.47 bits per heavy atom. The van der Waals surface area contributed by atoms with Crippen LogP contribution >= 0.6 is 11.8 Å². The monoisotopic (exact) mass is 227 g/mol. The molecule has 1 N–H and O–H groups in total. The Labute approximate surface area is 94.8 Å². The van der Waals surface area contributed by atoms with Crippen LogP contribution in [0.4, 0.5) is 5.82 Å². The third-order valence-corrected chi connectivity index (χ3v) is 2.85. The summed E-state index contributed by atoms with van der Waals surface area (Å²) in [5.74, 6) is 2.64. The van der Waals surface area contributed by atoms with Crippen LogP contribution in [0, 0.1) is 0 Å². The van der Waals surface area contributed by atoms with Crippen LogP contribution in [0.3, 0.4) is 0 Å². The van der Waals surface area contributed by atoms with Crippen molar-refractivity contribution in [1.82, 2.24) is 9.97 Å². The van der Waals surface area contributed by atoms with Gasteiger partial charge in [0.1, 0.15) is 17.5 Å². The van der Waals surface area contributed by atoms with Crippen LogP contribution in [0.1, 0.15) is 19.2 Å². The minimum absolute atomic E-state index is 0.454. The Kier molecular flexibility index (Phi) is 5.42. The summed E-state index contributed by atoms with van der Waals surface area (Å²) in [4.78, 5) is 8.68. The van der Waals surface area contributed by atoms with Crippen LogP contribution in [-0.2, 0) is 11.3 Å². The fraction of sp³-hybridized carbons (Fsp3) is 0.600. The van der Waals surface area contributed by atoms with Crippen molar-refractivity contribution in [2.75, 3.05) is 25.2 Å². The van der Waals surface area contributed by atoms with E-state index in [9.17, 15) is 0 Å². The first-order chi connectivity index (χ1) is 7.30. The molecule has 84 valence electrons. The van der Waals surface area contributed by atoms with Gasteiger partial charge in [0.15, 0.2) is 5.82 Å². The van der Waals surface area contributed by atoms with Crippen LogP contribution in [0.2, 0.25) is 0 Å². The van der Waals surface area contributed by atoms with Gasteiger partial charge in [-0.15, -0.1) is 11.8 Å². The van der Waals surface area contributed by atoms with Crippen LogP contribution in [0.5, 0.6) is 0 Å². The number of ether oxygens (including phenoxy) is 1. The van der Waals surface area contributed by atoms with Gasteiger partial charge in [0.05, 0.1) is 0 Å². The second kappa shape index (κ2) is 6.63. The fourth-order valence-corrected chi connectivity index (χ4v) is 1.85. The molecule has 0 unspecified atom stereocenters. The molecule has 0 atom stereocenters. The van der Waals surface area contributed by atoms with Crippen LogP contribution in [0.15, 0.2) is 11.1 Å². The molecule has 1 aromatic heterocycles. The van der Waals surface area contributed by atoms with Crippen molar-refractivity contribution < 1.29 is 4.74 Å². The molecule has 0 amide bonds. The lowest BCUT2D eigenvalue weighted by atomic mass is 10.5. The number of hydrogen-bond acceptors (Lipinski definition) is 5. The molecule has 0 radical (unpaired) electrons. The highest BCUT2D eigenvalue weighted by Gasteiger charge is 2.03. The van der Waals surface area contributed by atoms with Gasteiger partial charge in [0.25, 0.3) is 0 Å². The van der Waals surface area contributed by atoms with E-state index in [0.29, 0.717) is 6.61 Å². The Balaban J connectivity index is 2.79. The number of aromatic nitrogens is 2. The van der Waals surface area contributed by atoms with Crippen LogP contribution in [0.25, 0.3) is 0 Å². The third kappa shape index (κ3) is 4.05. The summed E-state index contributed by atoms with van der Waals surface area (Å²) in [5, 5.41) is 4.03. The van der Waals surface area contributed by atoms with Gasteiger partial charge in [0.2, 0.25) is 0 Å². The standard InChI is InChI=1S/C10H17N3OS/c1-4-5-15-10-6-8(11-2)12-9(13-10)7-14-3/h6H,4-5,7H2,1-3H3,(H,11,12,13). The molecule has 5 heteroatoms. The van der Waals surface area contributed by atoms with Crippen molar-refractivity contribution in [3.05, 3.63) is 11.9 Å². The molecule has 1 heterocycles. The fourth-order valence-electron chi connectivity index (χ4n) is 1.08. The first-order valence-electron chi connectivity index (χ1n) is 4.97. The number of nitrogens with zero attached hydrogens (tertiary/aromatic N) is 2. The Morgan fingerprint density at radius 3 is 2.87 bits per heavy atom. The Bertz CT molecular complexity index is 307. The second-order valence-electron chi connectivity index (χ2n) is 3.04. The van der Waals surface area contributed by atoms with Crippen molar-refractivity contribution in [1.29, 1.82) is 0 Å². The molecule has 0 saturated carbocycles. The maximum atomic E-state index is 5.02. The van der Waals surface area contributed by atoms with E-state index in [4.69, 9.17) is 4.74 Å². The van der Waals surface area contributed by atoms with E-state index in [2.05, 4.69) is 22.2 Å². The maximum absolute atomic E-state index is 5.02. The Hall–Kier alpha value is -0.810. The molecule has 4 nitrogen and oxygen atoms in total. The molecular weight excluding hydrogens is 210 g/mol. The number of thioether (sulfide) groups is 1. The van der Waals surface area contributed by atoms with Crippen molar-refractivity contribution >= 4 is 17.6 Å². The van der Waals surface area contributed by atoms with Crippen molar-refractivity contribution in [2.24, 2.45) is 0 Å². The molecule has 0 saturated heterocycles. The molecule has 0 bridgehead atoms. The summed E-state index contributed by atoms with van der Waals surface area (Å²) in [7, 11) is 3.50. The van der Waals surface area contributed by atoms with E-state index in [1.165, 1.54) is 0 Å². The minimum atomic E-state index is 0.454. The van der Waals surface area contributed by atoms with Gasteiger partial charge in [-0.2, -0.15) is 0 Å². The van der Waals surface area contributed by atoms with Crippen LogP contribution in [-0.4, -0.2) is 29.9 Å². The first kappa shape index (κ1) is 12.3. The van der Waals surface area contributed by atoms with Gasteiger partial charge in [-0.05, 0) is 12.2 Å². The quantitative estimate of drug-likeness (QED) is 0.596. The summed E-state index contributed by atoms with van der Waals surface area (Å²) >= 11 is 1.74. The maximum Gasteiger partial charge on any atom is 0.157 e. The van der Waals surface area contributed by atoms with E-state index in [0.717, 1.165) is 28.8 Å². The minimum Gasteiger partial charge on any atom is -0.377 e. The number of hydrogen-bond donors (Lipinski definition) is 1. The number of methoxy groups -OCH3 is 1. The molecule has 1 rings (SSSR count). The molecule has 0 aliphatic carbocycles. The summed E-state index contributed by atoms with van der Waals surface area (Å²) < 4.78 is 5.02. The summed E-state index contributed by atoms with van der Waals surface area (Å²) in [6.45, 7) is 2.61. The van der Waals surface area contributed by atoms with E-state index in [1.807, 2.05) is 13.1 Å². The van der Waals surface area contributed by atoms with Crippen LogP contribution < -0.4 is 5.32 Å². The predicted octanol–water partition coefficient (Wildman–Crippen LogP) is 2.17. The molecule has 1 aromatic rings. The topological polar surface area (TPSA) is 47.0 Å². The van der Waals surface area contributed by atoms with Gasteiger partial charge in [-0.1, -0.05) is 6.92 Å². The van der Waals surface area contributed by atoms with Gasteiger partial charge in [0, 0.05) is 20.2 Å². The van der Waals surface area contributed by atoms with Gasteiger partial charge in [-0.25, -0.2) is 9.97 Å². The largest absolute Gasteiger partial charge is 0.377 e. The molecule has 0 fully saturated rings. The third-order valence-electron chi connectivity index (χ3n) is 1.73. The molecular formula is C10H17N3OS. The van der Waals surface area contributed by atoms with Gasteiger partial charge < -0.3 is 10.1 Å². The highest BCUT2D eigenvalue weighted by Crippen LogP contribution is 2.19. The highest BCUT2D eigenvalue weighted by atomic mass is 32.2. The SMILES string of the molecule is CCCSc1cc(NC)nc(COC)n1. The number of rotatable bonds is 6. The van der Waals surface area contributed by atoms with Crippen molar-refractivity contribution in [3.8, 4) is 0 Å². The van der Waals surface area contributed by atoms with E-state index in [1.54, 1.807) is 18.9 Å². The van der Waals surface area contributed by atoms with E-state index >= 15 is 0 Å². The molecule has 0 aromatic carbocycles. The first-order valence-corrected chi connectivity index (χ1v) is 5.96. The second-order valence-corrected chi connectivity index (χ2v) is 4.15. The normalized spacial score (nSPS) is 10.3. The van der Waals surface area contributed by atoms with Crippen molar-refractivity contribution in [2.45, 2.75) is 25.0 Å². The average molecular weight is 227 g/mol. The zero-order valence-corrected chi connectivity index (χ0v) is 10.2.